The van der Waals surface area contributed by atoms with Crippen LogP contribution in [0.4, 0.5) is 0 Å². The minimum Gasteiger partial charge on any atom is -0.314 e. The van der Waals surface area contributed by atoms with Gasteiger partial charge in [0.2, 0.25) is 10.0 Å². The van der Waals surface area contributed by atoms with Crippen molar-refractivity contribution in [2.45, 2.75) is 26.3 Å². The first-order chi connectivity index (χ1) is 6.39. The van der Waals surface area contributed by atoms with Gasteiger partial charge in [-0.2, -0.15) is 0 Å². The molecule has 14 heavy (non-hydrogen) atoms. The largest absolute Gasteiger partial charge is 0.314 e. The van der Waals surface area contributed by atoms with E-state index in [4.69, 9.17) is 0 Å². The molecule has 4 nitrogen and oxygen atoms in total. The van der Waals surface area contributed by atoms with Crippen molar-refractivity contribution >= 4 is 10.0 Å². The van der Waals surface area contributed by atoms with E-state index in [9.17, 15) is 8.42 Å². The van der Waals surface area contributed by atoms with Crippen LogP contribution in [0.1, 0.15) is 20.3 Å². The Morgan fingerprint density at radius 1 is 1.50 bits per heavy atom. The molecule has 84 valence electrons. The van der Waals surface area contributed by atoms with Crippen LogP contribution in [-0.4, -0.2) is 44.7 Å². The third-order valence-electron chi connectivity index (χ3n) is 2.53. The van der Waals surface area contributed by atoms with Crippen molar-refractivity contribution < 1.29 is 8.42 Å². The molecular formula is C9H20N2O2S. The van der Waals surface area contributed by atoms with Crippen molar-refractivity contribution in [3.8, 4) is 0 Å². The second-order valence-electron chi connectivity index (χ2n) is 4.34. The van der Waals surface area contributed by atoms with Gasteiger partial charge in [-0.05, 0) is 18.9 Å². The Balaban J connectivity index is 2.35. The minimum atomic E-state index is -2.97. The lowest BCUT2D eigenvalue weighted by atomic mass is 10.1. The molecule has 1 atom stereocenters. The highest BCUT2D eigenvalue weighted by Crippen LogP contribution is 2.17. The van der Waals surface area contributed by atoms with E-state index in [2.05, 4.69) is 19.2 Å². The number of hydrogen-bond donors (Lipinski definition) is 1. The summed E-state index contributed by atoms with van der Waals surface area (Å²) in [6.45, 7) is 6.48. The van der Waals surface area contributed by atoms with E-state index >= 15 is 0 Å². The van der Waals surface area contributed by atoms with Crippen LogP contribution < -0.4 is 5.32 Å². The maximum Gasteiger partial charge on any atom is 0.211 e. The number of sulfonamides is 1. The Morgan fingerprint density at radius 2 is 2.14 bits per heavy atom. The number of rotatable bonds is 4. The van der Waals surface area contributed by atoms with E-state index < -0.39 is 10.0 Å². The number of hydrogen-bond acceptors (Lipinski definition) is 3. The fourth-order valence-corrected chi connectivity index (χ4v) is 2.59. The molecule has 1 rings (SSSR count). The van der Waals surface area contributed by atoms with Gasteiger partial charge in [0.15, 0.2) is 0 Å². The maximum atomic E-state index is 11.2. The van der Waals surface area contributed by atoms with Crippen LogP contribution in [0.2, 0.25) is 0 Å². The van der Waals surface area contributed by atoms with E-state index in [0.29, 0.717) is 25.0 Å². The van der Waals surface area contributed by atoms with Crippen molar-refractivity contribution in [2.75, 3.05) is 25.9 Å². The molecule has 1 heterocycles. The molecule has 0 aromatic heterocycles. The Labute approximate surface area is 86.7 Å². The number of nitrogens with one attached hydrogen (secondary N) is 1. The van der Waals surface area contributed by atoms with Gasteiger partial charge in [0.1, 0.15) is 0 Å². The summed E-state index contributed by atoms with van der Waals surface area (Å²) in [6.07, 6.45) is 2.26. The van der Waals surface area contributed by atoms with E-state index in [1.165, 1.54) is 6.26 Å². The minimum absolute atomic E-state index is 0.474. The van der Waals surface area contributed by atoms with E-state index in [1.54, 1.807) is 4.31 Å². The van der Waals surface area contributed by atoms with Gasteiger partial charge in [-0.3, -0.25) is 0 Å². The summed E-state index contributed by atoms with van der Waals surface area (Å²) in [6, 6.07) is 0.474. The van der Waals surface area contributed by atoms with Gasteiger partial charge >= 0.3 is 0 Å². The molecule has 0 unspecified atom stereocenters. The van der Waals surface area contributed by atoms with Gasteiger partial charge in [0, 0.05) is 19.1 Å². The van der Waals surface area contributed by atoms with Crippen molar-refractivity contribution in [2.24, 2.45) is 5.92 Å². The summed E-state index contributed by atoms with van der Waals surface area (Å²) >= 11 is 0. The Bertz CT molecular complexity index is 275. The van der Waals surface area contributed by atoms with Crippen LogP contribution in [0.3, 0.4) is 0 Å². The number of nitrogens with zero attached hydrogens (tertiary/aromatic N) is 1. The zero-order valence-corrected chi connectivity index (χ0v) is 9.97. The highest BCUT2D eigenvalue weighted by Gasteiger charge is 2.28. The average molecular weight is 220 g/mol. The zero-order valence-electron chi connectivity index (χ0n) is 9.16. The standard InChI is InChI=1S/C9H20N2O2S/c1-8(2)10-6-9-4-5-11(7-9)14(3,12)13/h8-10H,4-7H2,1-3H3/t9-/m1/s1. The molecular weight excluding hydrogens is 200 g/mol. The molecule has 0 aromatic carbocycles. The van der Waals surface area contributed by atoms with Crippen LogP contribution in [-0.2, 0) is 10.0 Å². The highest BCUT2D eigenvalue weighted by molar-refractivity contribution is 7.88. The highest BCUT2D eigenvalue weighted by atomic mass is 32.2. The molecule has 1 N–H and O–H groups in total. The lowest BCUT2D eigenvalue weighted by Crippen LogP contribution is -2.32. The molecule has 1 fully saturated rings. The Morgan fingerprint density at radius 3 is 2.57 bits per heavy atom. The molecule has 0 saturated carbocycles. The summed E-state index contributed by atoms with van der Waals surface area (Å²) < 4.78 is 24.0. The van der Waals surface area contributed by atoms with E-state index in [0.717, 1.165) is 13.0 Å². The van der Waals surface area contributed by atoms with Crippen LogP contribution in [0.25, 0.3) is 0 Å². The molecule has 0 bridgehead atoms. The summed E-state index contributed by atoms with van der Waals surface area (Å²) in [5.74, 6) is 0.479. The monoisotopic (exact) mass is 220 g/mol. The van der Waals surface area contributed by atoms with Gasteiger partial charge in [0.05, 0.1) is 6.26 Å². The molecule has 5 heteroatoms. The Hall–Kier alpha value is -0.130. The van der Waals surface area contributed by atoms with Crippen molar-refractivity contribution in [1.82, 2.24) is 9.62 Å². The van der Waals surface area contributed by atoms with Crippen LogP contribution >= 0.6 is 0 Å². The smallest absolute Gasteiger partial charge is 0.211 e. The second-order valence-corrected chi connectivity index (χ2v) is 6.32. The van der Waals surface area contributed by atoms with Crippen LogP contribution in [0.15, 0.2) is 0 Å². The second kappa shape index (κ2) is 4.59. The van der Waals surface area contributed by atoms with Crippen molar-refractivity contribution in [3.63, 3.8) is 0 Å². The van der Waals surface area contributed by atoms with Gasteiger partial charge in [-0.1, -0.05) is 13.8 Å². The third kappa shape index (κ3) is 3.55. The predicted molar refractivity (Wildman–Crippen MR) is 57.7 cm³/mol. The molecule has 1 aliphatic rings. The molecule has 0 aromatic rings. The van der Waals surface area contributed by atoms with Gasteiger partial charge < -0.3 is 5.32 Å². The van der Waals surface area contributed by atoms with E-state index in [1.807, 2.05) is 0 Å². The van der Waals surface area contributed by atoms with Crippen molar-refractivity contribution in [3.05, 3.63) is 0 Å². The van der Waals surface area contributed by atoms with Gasteiger partial charge in [0.25, 0.3) is 0 Å². The lowest BCUT2D eigenvalue weighted by Gasteiger charge is -2.15. The third-order valence-corrected chi connectivity index (χ3v) is 3.80. The molecule has 0 spiro atoms. The average Bonchev–Trinajstić information content (AvgIpc) is 2.47. The SMILES string of the molecule is CC(C)NC[C@H]1CCN(S(C)(=O)=O)C1. The summed E-state index contributed by atoms with van der Waals surface area (Å²) in [5, 5.41) is 3.34. The fourth-order valence-electron chi connectivity index (χ4n) is 1.67. The maximum absolute atomic E-state index is 11.2. The fraction of sp³-hybridized carbons (Fsp3) is 1.00. The van der Waals surface area contributed by atoms with Gasteiger partial charge in [-0.15, -0.1) is 0 Å². The zero-order chi connectivity index (χ0) is 10.8. The lowest BCUT2D eigenvalue weighted by molar-refractivity contribution is 0.436. The topological polar surface area (TPSA) is 49.4 Å². The van der Waals surface area contributed by atoms with Gasteiger partial charge in [-0.25, -0.2) is 12.7 Å². The first-order valence-electron chi connectivity index (χ1n) is 5.08. The quantitative estimate of drug-likeness (QED) is 0.739. The van der Waals surface area contributed by atoms with Crippen LogP contribution in [0.5, 0.6) is 0 Å². The molecule has 1 saturated heterocycles. The predicted octanol–water partition coefficient (Wildman–Crippen LogP) is 0.266. The first kappa shape index (κ1) is 11.9. The van der Waals surface area contributed by atoms with Crippen LogP contribution in [0, 0.1) is 5.92 Å². The normalized spacial score (nSPS) is 24.7. The molecule has 0 amide bonds. The van der Waals surface area contributed by atoms with Crippen molar-refractivity contribution in [1.29, 1.82) is 0 Å². The first-order valence-corrected chi connectivity index (χ1v) is 6.93. The Kier molecular flexibility index (Phi) is 3.92. The summed E-state index contributed by atoms with van der Waals surface area (Å²) in [4.78, 5) is 0. The molecule has 1 aliphatic heterocycles. The summed E-state index contributed by atoms with van der Waals surface area (Å²) in [7, 11) is -2.97. The molecule has 0 aliphatic carbocycles. The molecule has 0 radical (unpaired) electrons. The summed E-state index contributed by atoms with van der Waals surface area (Å²) in [5.41, 5.74) is 0. The van der Waals surface area contributed by atoms with E-state index in [-0.39, 0.29) is 0 Å².